The van der Waals surface area contributed by atoms with E-state index in [0.717, 1.165) is 25.0 Å². The highest BCUT2D eigenvalue weighted by Gasteiger charge is 2.16. The Morgan fingerprint density at radius 1 is 1.33 bits per heavy atom. The van der Waals surface area contributed by atoms with Crippen LogP contribution in [0.1, 0.15) is 50.8 Å². The number of amides is 1. The van der Waals surface area contributed by atoms with Crippen LogP contribution in [0.2, 0.25) is 0 Å². The number of carbonyl (C=O) groups is 1. The molecule has 134 valence electrons. The van der Waals surface area contributed by atoms with Gasteiger partial charge in [0.1, 0.15) is 0 Å². The molecule has 1 aromatic rings. The number of hydrogen-bond donors (Lipinski definition) is 3. The minimum Gasteiger partial charge on any atom is -0.387 e. The molecule has 0 radical (unpaired) electrons. The molecular formula is C19H30N2O3. The Morgan fingerprint density at radius 3 is 2.62 bits per heavy atom. The summed E-state index contributed by atoms with van der Waals surface area (Å²) >= 11 is 0. The van der Waals surface area contributed by atoms with E-state index in [9.17, 15) is 9.90 Å². The molecule has 1 heterocycles. The fourth-order valence-electron chi connectivity index (χ4n) is 2.75. The van der Waals surface area contributed by atoms with Crippen LogP contribution in [0, 0.1) is 0 Å². The Kier molecular flexibility index (Phi) is 6.78. The SMILES string of the molecule is CC(C)(C)c1ccc(C(O)CNC(=O)CNCC2CCCO2)cc1. The molecule has 1 aliphatic heterocycles. The van der Waals surface area contributed by atoms with Crippen LogP contribution in [0.5, 0.6) is 0 Å². The third kappa shape index (κ3) is 5.89. The quantitative estimate of drug-likeness (QED) is 0.712. The van der Waals surface area contributed by atoms with Gasteiger partial charge < -0.3 is 20.5 Å². The fourth-order valence-corrected chi connectivity index (χ4v) is 2.75. The van der Waals surface area contributed by atoms with Crippen molar-refractivity contribution in [2.75, 3.05) is 26.2 Å². The summed E-state index contributed by atoms with van der Waals surface area (Å²) in [5, 5.41) is 16.1. The highest BCUT2D eigenvalue weighted by molar-refractivity contribution is 5.78. The number of aliphatic hydroxyl groups is 1. The van der Waals surface area contributed by atoms with E-state index < -0.39 is 6.10 Å². The number of hydrogen-bond acceptors (Lipinski definition) is 4. The first kappa shape index (κ1) is 18.9. The molecule has 2 atom stereocenters. The van der Waals surface area contributed by atoms with Crippen LogP contribution in [-0.2, 0) is 14.9 Å². The highest BCUT2D eigenvalue weighted by Crippen LogP contribution is 2.23. The van der Waals surface area contributed by atoms with E-state index in [1.54, 1.807) is 0 Å². The molecule has 0 aromatic heterocycles. The van der Waals surface area contributed by atoms with Gasteiger partial charge in [0.05, 0.1) is 18.8 Å². The average molecular weight is 334 g/mol. The van der Waals surface area contributed by atoms with Crippen molar-refractivity contribution in [3.63, 3.8) is 0 Å². The van der Waals surface area contributed by atoms with Crippen molar-refractivity contribution >= 4 is 5.91 Å². The van der Waals surface area contributed by atoms with Gasteiger partial charge in [-0.1, -0.05) is 45.0 Å². The van der Waals surface area contributed by atoms with Crippen LogP contribution in [-0.4, -0.2) is 43.4 Å². The lowest BCUT2D eigenvalue weighted by atomic mass is 9.86. The van der Waals surface area contributed by atoms with Crippen LogP contribution >= 0.6 is 0 Å². The van der Waals surface area contributed by atoms with E-state index in [4.69, 9.17) is 4.74 Å². The van der Waals surface area contributed by atoms with E-state index in [1.165, 1.54) is 5.56 Å². The lowest BCUT2D eigenvalue weighted by molar-refractivity contribution is -0.120. The van der Waals surface area contributed by atoms with E-state index in [1.807, 2.05) is 24.3 Å². The Morgan fingerprint density at radius 2 is 2.04 bits per heavy atom. The van der Waals surface area contributed by atoms with Gasteiger partial charge in [0.25, 0.3) is 0 Å². The molecule has 2 unspecified atom stereocenters. The molecule has 0 saturated carbocycles. The molecule has 5 heteroatoms. The Balaban J connectivity index is 1.69. The molecule has 1 amide bonds. The topological polar surface area (TPSA) is 70.6 Å². The van der Waals surface area contributed by atoms with E-state index in [-0.39, 0.29) is 30.5 Å². The van der Waals surface area contributed by atoms with Crippen molar-refractivity contribution in [2.45, 2.75) is 51.2 Å². The lowest BCUT2D eigenvalue weighted by Gasteiger charge is -2.20. The second-order valence-corrected chi connectivity index (χ2v) is 7.46. The van der Waals surface area contributed by atoms with Gasteiger partial charge in [-0.3, -0.25) is 4.79 Å². The Hall–Kier alpha value is -1.43. The molecule has 1 fully saturated rings. The molecule has 2 rings (SSSR count). The maximum absolute atomic E-state index is 11.8. The number of benzene rings is 1. The molecule has 1 aliphatic rings. The molecule has 1 saturated heterocycles. The van der Waals surface area contributed by atoms with Gasteiger partial charge in [0.15, 0.2) is 0 Å². The van der Waals surface area contributed by atoms with E-state index in [0.29, 0.717) is 6.54 Å². The summed E-state index contributed by atoms with van der Waals surface area (Å²) in [6, 6.07) is 7.91. The molecule has 24 heavy (non-hydrogen) atoms. The minimum atomic E-state index is -0.693. The summed E-state index contributed by atoms with van der Waals surface area (Å²) in [7, 11) is 0. The number of ether oxygens (including phenoxy) is 1. The fraction of sp³-hybridized carbons (Fsp3) is 0.632. The van der Waals surface area contributed by atoms with Gasteiger partial charge in [0.2, 0.25) is 5.91 Å². The molecular weight excluding hydrogens is 304 g/mol. The van der Waals surface area contributed by atoms with Crippen molar-refractivity contribution in [3.8, 4) is 0 Å². The first-order valence-electron chi connectivity index (χ1n) is 8.74. The molecule has 3 N–H and O–H groups in total. The third-order valence-corrected chi connectivity index (χ3v) is 4.34. The van der Waals surface area contributed by atoms with Gasteiger partial charge >= 0.3 is 0 Å². The first-order chi connectivity index (χ1) is 11.4. The predicted octanol–water partition coefficient (Wildman–Crippen LogP) is 1.90. The van der Waals surface area contributed by atoms with Gasteiger partial charge in [-0.2, -0.15) is 0 Å². The smallest absolute Gasteiger partial charge is 0.234 e. The van der Waals surface area contributed by atoms with E-state index in [2.05, 4.69) is 31.4 Å². The van der Waals surface area contributed by atoms with Crippen LogP contribution in [0.4, 0.5) is 0 Å². The number of rotatable bonds is 7. The zero-order valence-electron chi connectivity index (χ0n) is 15.0. The van der Waals surface area contributed by atoms with Crippen LogP contribution < -0.4 is 10.6 Å². The summed E-state index contributed by atoms with van der Waals surface area (Å²) in [6.07, 6.45) is 1.68. The van der Waals surface area contributed by atoms with Gasteiger partial charge in [-0.25, -0.2) is 0 Å². The number of carbonyl (C=O) groups excluding carboxylic acids is 1. The monoisotopic (exact) mass is 334 g/mol. The van der Waals surface area contributed by atoms with Crippen molar-refractivity contribution < 1.29 is 14.6 Å². The largest absolute Gasteiger partial charge is 0.387 e. The lowest BCUT2D eigenvalue weighted by Crippen LogP contribution is -2.38. The third-order valence-electron chi connectivity index (χ3n) is 4.34. The van der Waals surface area contributed by atoms with Crippen molar-refractivity contribution in [1.82, 2.24) is 10.6 Å². The minimum absolute atomic E-state index is 0.0897. The average Bonchev–Trinajstić information content (AvgIpc) is 3.05. The summed E-state index contributed by atoms with van der Waals surface area (Å²) in [5.41, 5.74) is 2.13. The Labute approximate surface area is 144 Å². The highest BCUT2D eigenvalue weighted by atomic mass is 16.5. The van der Waals surface area contributed by atoms with Crippen molar-refractivity contribution in [1.29, 1.82) is 0 Å². The molecule has 0 bridgehead atoms. The standard InChI is InChI=1S/C19H30N2O3/c1-19(2,3)15-8-6-14(7-9-15)17(22)12-21-18(23)13-20-11-16-5-4-10-24-16/h6-9,16-17,20,22H,4-5,10-13H2,1-3H3,(H,21,23). The van der Waals surface area contributed by atoms with Crippen LogP contribution in [0.15, 0.2) is 24.3 Å². The second-order valence-electron chi connectivity index (χ2n) is 7.46. The molecule has 0 aliphatic carbocycles. The van der Waals surface area contributed by atoms with Crippen LogP contribution in [0.25, 0.3) is 0 Å². The van der Waals surface area contributed by atoms with Gasteiger partial charge in [-0.15, -0.1) is 0 Å². The first-order valence-corrected chi connectivity index (χ1v) is 8.74. The summed E-state index contributed by atoms with van der Waals surface area (Å²) in [4.78, 5) is 11.8. The van der Waals surface area contributed by atoms with Gasteiger partial charge in [0, 0.05) is 19.7 Å². The maximum atomic E-state index is 11.8. The summed E-state index contributed by atoms with van der Waals surface area (Å²) in [5.74, 6) is -0.113. The van der Waals surface area contributed by atoms with Crippen molar-refractivity contribution in [2.24, 2.45) is 0 Å². The normalized spacial score (nSPS) is 19.2. The summed E-state index contributed by atoms with van der Waals surface area (Å²) in [6.45, 7) is 8.45. The number of aliphatic hydroxyl groups excluding tert-OH is 1. The molecule has 0 spiro atoms. The zero-order valence-corrected chi connectivity index (χ0v) is 15.0. The predicted molar refractivity (Wildman–Crippen MR) is 95.0 cm³/mol. The van der Waals surface area contributed by atoms with Crippen molar-refractivity contribution in [3.05, 3.63) is 35.4 Å². The summed E-state index contributed by atoms with van der Waals surface area (Å²) < 4.78 is 5.49. The Bertz CT molecular complexity index is 516. The van der Waals surface area contributed by atoms with Gasteiger partial charge in [-0.05, 0) is 29.4 Å². The maximum Gasteiger partial charge on any atom is 0.234 e. The molecule has 1 aromatic carbocycles. The van der Waals surface area contributed by atoms with E-state index >= 15 is 0 Å². The molecule has 5 nitrogen and oxygen atoms in total. The zero-order chi connectivity index (χ0) is 17.6. The van der Waals surface area contributed by atoms with Crippen LogP contribution in [0.3, 0.4) is 0 Å². The second kappa shape index (κ2) is 8.60. The number of nitrogens with one attached hydrogen (secondary N) is 2.